The van der Waals surface area contributed by atoms with Crippen LogP contribution in [-0.2, 0) is 4.79 Å². The number of rotatable bonds is 6. The number of carbonyl (C=O) groups excluding carboxylic acids is 1. The van der Waals surface area contributed by atoms with E-state index in [1.807, 2.05) is 35.0 Å². The van der Waals surface area contributed by atoms with Crippen molar-refractivity contribution in [3.05, 3.63) is 75.5 Å². The number of nitro groups is 1. The minimum absolute atomic E-state index is 0.00880. The van der Waals surface area contributed by atoms with Gasteiger partial charge in [0.1, 0.15) is 0 Å². The minimum Gasteiger partial charge on any atom is -0.315 e. The second kappa shape index (κ2) is 8.36. The zero-order valence-corrected chi connectivity index (χ0v) is 16.7. The van der Waals surface area contributed by atoms with E-state index in [9.17, 15) is 14.9 Å². The molecule has 0 atom stereocenters. The number of hydrogen-bond acceptors (Lipinski definition) is 5. The fourth-order valence-electron chi connectivity index (χ4n) is 2.36. The van der Waals surface area contributed by atoms with Crippen molar-refractivity contribution in [2.45, 2.75) is 5.16 Å². The number of carbonyl (C=O) groups is 1. The molecule has 7 nitrogen and oxygen atoms in total. The quantitative estimate of drug-likeness (QED) is 0.320. The summed E-state index contributed by atoms with van der Waals surface area (Å²) in [4.78, 5) is 28.5. The van der Waals surface area contributed by atoms with E-state index in [2.05, 4.69) is 20.9 Å². The molecule has 3 rings (SSSR count). The van der Waals surface area contributed by atoms with Gasteiger partial charge < -0.3 is 4.90 Å². The van der Waals surface area contributed by atoms with Gasteiger partial charge in [-0.15, -0.1) is 0 Å². The Balaban J connectivity index is 1.66. The highest BCUT2D eigenvalue weighted by atomic mass is 79.9. The smallest absolute Gasteiger partial charge is 0.269 e. The molecular weight excluding hydrogens is 432 g/mol. The second-order valence-corrected chi connectivity index (χ2v) is 7.43. The molecule has 27 heavy (non-hydrogen) atoms. The number of imidazole rings is 1. The summed E-state index contributed by atoms with van der Waals surface area (Å²) >= 11 is 4.74. The fraction of sp³-hybridized carbons (Fsp3) is 0.111. The molecule has 0 radical (unpaired) electrons. The van der Waals surface area contributed by atoms with E-state index in [1.165, 1.54) is 28.8 Å². The van der Waals surface area contributed by atoms with Crippen LogP contribution >= 0.6 is 27.7 Å². The van der Waals surface area contributed by atoms with Gasteiger partial charge in [-0.25, -0.2) is 4.98 Å². The van der Waals surface area contributed by atoms with Crippen molar-refractivity contribution in [1.29, 1.82) is 0 Å². The van der Waals surface area contributed by atoms with Crippen molar-refractivity contribution in [1.82, 2.24) is 9.55 Å². The standard InChI is InChI=1S/C18H15BrN4O3S/c1-21(14-6-8-16(9-7-14)23(25)26)17(24)12-27-18-20-10-11-22(18)15-4-2-13(19)3-5-15/h2-11H,12H2,1H3. The lowest BCUT2D eigenvalue weighted by Crippen LogP contribution is -2.28. The Morgan fingerprint density at radius 3 is 2.52 bits per heavy atom. The number of aromatic nitrogens is 2. The number of non-ortho nitro benzene ring substituents is 1. The number of halogens is 1. The van der Waals surface area contributed by atoms with E-state index in [4.69, 9.17) is 0 Å². The first-order valence-corrected chi connectivity index (χ1v) is 9.66. The Kier molecular flexibility index (Phi) is 5.92. The van der Waals surface area contributed by atoms with Crippen molar-refractivity contribution in [3.63, 3.8) is 0 Å². The maximum Gasteiger partial charge on any atom is 0.269 e. The molecule has 0 saturated carbocycles. The third-order valence-corrected chi connectivity index (χ3v) is 5.34. The molecule has 0 aliphatic heterocycles. The molecule has 0 aliphatic carbocycles. The summed E-state index contributed by atoms with van der Waals surface area (Å²) < 4.78 is 2.90. The molecule has 1 heterocycles. The van der Waals surface area contributed by atoms with Gasteiger partial charge in [-0.05, 0) is 36.4 Å². The van der Waals surface area contributed by atoms with Crippen LogP contribution in [0.2, 0.25) is 0 Å². The fourth-order valence-corrected chi connectivity index (χ4v) is 3.51. The lowest BCUT2D eigenvalue weighted by molar-refractivity contribution is -0.384. The van der Waals surface area contributed by atoms with Gasteiger partial charge in [0.2, 0.25) is 5.91 Å². The van der Waals surface area contributed by atoms with Gasteiger partial charge >= 0.3 is 0 Å². The molecule has 1 amide bonds. The largest absolute Gasteiger partial charge is 0.315 e. The number of hydrogen-bond donors (Lipinski definition) is 0. The van der Waals surface area contributed by atoms with Gasteiger partial charge in [0.05, 0.1) is 10.7 Å². The summed E-state index contributed by atoms with van der Waals surface area (Å²) in [6.07, 6.45) is 3.53. The van der Waals surface area contributed by atoms with Crippen LogP contribution in [0.3, 0.4) is 0 Å². The van der Waals surface area contributed by atoms with Crippen LogP contribution in [0.1, 0.15) is 0 Å². The molecular formula is C18H15BrN4O3S. The molecule has 0 N–H and O–H groups in total. The van der Waals surface area contributed by atoms with Crippen molar-refractivity contribution in [2.24, 2.45) is 0 Å². The number of nitrogens with zero attached hydrogens (tertiary/aromatic N) is 4. The molecule has 0 aliphatic rings. The number of anilines is 1. The van der Waals surface area contributed by atoms with E-state index in [0.29, 0.717) is 10.8 Å². The topological polar surface area (TPSA) is 81.3 Å². The maximum absolute atomic E-state index is 12.5. The van der Waals surface area contributed by atoms with Gasteiger partial charge in [0.15, 0.2) is 5.16 Å². The predicted molar refractivity (Wildman–Crippen MR) is 108 cm³/mol. The van der Waals surface area contributed by atoms with Crippen LogP contribution in [0, 0.1) is 10.1 Å². The summed E-state index contributed by atoms with van der Waals surface area (Å²) in [5.74, 6) is 0.0697. The minimum atomic E-state index is -0.469. The van der Waals surface area contributed by atoms with Crippen LogP contribution in [-0.4, -0.2) is 33.2 Å². The molecule has 1 aromatic heterocycles. The lowest BCUT2D eigenvalue weighted by Gasteiger charge is -2.17. The molecule has 9 heteroatoms. The van der Waals surface area contributed by atoms with Crippen molar-refractivity contribution >= 4 is 45.0 Å². The SMILES string of the molecule is CN(C(=O)CSc1nccn1-c1ccc(Br)cc1)c1ccc([N+](=O)[O-])cc1. The number of amides is 1. The highest BCUT2D eigenvalue weighted by molar-refractivity contribution is 9.10. The summed E-state index contributed by atoms with van der Waals surface area (Å²) in [7, 11) is 1.64. The van der Waals surface area contributed by atoms with E-state index in [0.717, 1.165) is 10.2 Å². The zero-order chi connectivity index (χ0) is 19.4. The Morgan fingerprint density at radius 1 is 1.22 bits per heavy atom. The van der Waals surface area contributed by atoms with E-state index in [-0.39, 0.29) is 17.3 Å². The van der Waals surface area contributed by atoms with E-state index in [1.54, 1.807) is 25.4 Å². The summed E-state index contributed by atoms with van der Waals surface area (Å²) in [5.41, 5.74) is 1.54. The monoisotopic (exact) mass is 446 g/mol. The third-order valence-electron chi connectivity index (χ3n) is 3.86. The highest BCUT2D eigenvalue weighted by Gasteiger charge is 2.15. The average Bonchev–Trinajstić information content (AvgIpc) is 3.14. The Morgan fingerprint density at radius 2 is 1.89 bits per heavy atom. The molecule has 2 aromatic carbocycles. The first-order valence-electron chi connectivity index (χ1n) is 7.89. The molecule has 0 unspecified atom stereocenters. The Hall–Kier alpha value is -2.65. The Bertz CT molecular complexity index is 957. The Labute approximate surface area is 168 Å². The lowest BCUT2D eigenvalue weighted by atomic mass is 10.2. The highest BCUT2D eigenvalue weighted by Crippen LogP contribution is 2.24. The summed E-state index contributed by atoms with van der Waals surface area (Å²) in [6.45, 7) is 0. The summed E-state index contributed by atoms with van der Waals surface area (Å²) in [5, 5.41) is 11.4. The van der Waals surface area contributed by atoms with Crippen LogP contribution < -0.4 is 4.90 Å². The molecule has 0 bridgehead atoms. The summed E-state index contributed by atoms with van der Waals surface area (Å²) in [6, 6.07) is 13.7. The third kappa shape index (κ3) is 4.55. The van der Waals surface area contributed by atoms with Crippen molar-refractivity contribution in [2.75, 3.05) is 17.7 Å². The first-order chi connectivity index (χ1) is 13.0. The van der Waals surface area contributed by atoms with Gasteiger partial charge in [0.25, 0.3) is 5.69 Å². The number of nitro benzene ring substituents is 1. The first kappa shape index (κ1) is 19.1. The average molecular weight is 447 g/mol. The molecule has 138 valence electrons. The molecule has 0 fully saturated rings. The van der Waals surface area contributed by atoms with Gasteiger partial charge in [-0.2, -0.15) is 0 Å². The normalized spacial score (nSPS) is 10.6. The van der Waals surface area contributed by atoms with E-state index < -0.39 is 4.92 Å². The van der Waals surface area contributed by atoms with Crippen LogP contribution in [0.4, 0.5) is 11.4 Å². The van der Waals surface area contributed by atoms with Gasteiger partial charge in [0, 0.05) is 47.4 Å². The van der Waals surface area contributed by atoms with Crippen LogP contribution in [0.5, 0.6) is 0 Å². The zero-order valence-electron chi connectivity index (χ0n) is 14.3. The van der Waals surface area contributed by atoms with Crippen molar-refractivity contribution < 1.29 is 9.72 Å². The van der Waals surface area contributed by atoms with Gasteiger partial charge in [-0.3, -0.25) is 19.5 Å². The predicted octanol–water partition coefficient (Wildman–Crippen LogP) is 4.30. The molecule has 3 aromatic rings. The maximum atomic E-state index is 12.5. The number of thioether (sulfide) groups is 1. The molecule has 0 saturated heterocycles. The molecule has 0 spiro atoms. The van der Waals surface area contributed by atoms with Crippen LogP contribution in [0.25, 0.3) is 5.69 Å². The van der Waals surface area contributed by atoms with Gasteiger partial charge in [-0.1, -0.05) is 27.7 Å². The van der Waals surface area contributed by atoms with Crippen molar-refractivity contribution in [3.8, 4) is 5.69 Å². The van der Waals surface area contributed by atoms with E-state index >= 15 is 0 Å². The number of benzene rings is 2. The van der Waals surface area contributed by atoms with Crippen LogP contribution in [0.15, 0.2) is 70.6 Å². The second-order valence-electron chi connectivity index (χ2n) is 5.57.